The summed E-state index contributed by atoms with van der Waals surface area (Å²) in [6.07, 6.45) is 1.85. The Kier molecular flexibility index (Phi) is 6.16. The van der Waals surface area contributed by atoms with Gasteiger partial charge < -0.3 is 4.74 Å². The molecule has 0 fully saturated rings. The predicted molar refractivity (Wildman–Crippen MR) is 121 cm³/mol. The third kappa shape index (κ3) is 4.99. The number of thioether (sulfide) groups is 1. The third-order valence-electron chi connectivity index (χ3n) is 4.09. The van der Waals surface area contributed by atoms with Gasteiger partial charge in [0, 0.05) is 10.6 Å². The standard InChI is InChI=1S/C23H15ClN2OS2/c24-20-9-2-1-7-17(20)15-27-18-8-5-6-16(12-18)13-19(14-25)28-23-26-21-10-3-4-11-22(21)29-23/h1-13H,15H2. The van der Waals surface area contributed by atoms with E-state index in [0.29, 0.717) is 16.5 Å². The number of rotatable bonds is 6. The molecule has 3 aromatic carbocycles. The lowest BCUT2D eigenvalue weighted by molar-refractivity contribution is 0.306. The Morgan fingerprint density at radius 3 is 2.76 bits per heavy atom. The first kappa shape index (κ1) is 19.5. The van der Waals surface area contributed by atoms with Gasteiger partial charge in [0.1, 0.15) is 18.4 Å². The van der Waals surface area contributed by atoms with Crippen molar-refractivity contribution in [2.24, 2.45) is 0 Å². The van der Waals surface area contributed by atoms with E-state index in [4.69, 9.17) is 16.3 Å². The molecule has 0 radical (unpaired) electrons. The summed E-state index contributed by atoms with van der Waals surface area (Å²) >= 11 is 9.14. The molecule has 0 spiro atoms. The molecule has 29 heavy (non-hydrogen) atoms. The zero-order chi connectivity index (χ0) is 20.1. The molecule has 0 aliphatic carbocycles. The Balaban J connectivity index is 1.49. The lowest BCUT2D eigenvalue weighted by Crippen LogP contribution is -1.96. The number of ether oxygens (including phenoxy) is 1. The molecular weight excluding hydrogens is 420 g/mol. The van der Waals surface area contributed by atoms with E-state index < -0.39 is 0 Å². The first-order chi connectivity index (χ1) is 14.2. The lowest BCUT2D eigenvalue weighted by Gasteiger charge is -2.08. The highest BCUT2D eigenvalue weighted by atomic mass is 35.5. The van der Waals surface area contributed by atoms with Crippen LogP contribution in [0.3, 0.4) is 0 Å². The SMILES string of the molecule is N#CC(=Cc1cccc(OCc2ccccc2Cl)c1)Sc1nc2ccccc2s1. The minimum absolute atomic E-state index is 0.387. The van der Waals surface area contributed by atoms with Gasteiger partial charge in [-0.2, -0.15) is 5.26 Å². The van der Waals surface area contributed by atoms with Crippen LogP contribution in [-0.2, 0) is 6.61 Å². The number of nitriles is 1. The Hall–Kier alpha value is -2.78. The Morgan fingerprint density at radius 1 is 1.10 bits per heavy atom. The molecule has 0 bridgehead atoms. The number of benzene rings is 3. The highest BCUT2D eigenvalue weighted by molar-refractivity contribution is 8.05. The molecule has 1 aromatic heterocycles. The van der Waals surface area contributed by atoms with Gasteiger partial charge in [-0.05, 0) is 53.7 Å². The van der Waals surface area contributed by atoms with Gasteiger partial charge in [0.05, 0.1) is 15.1 Å². The molecule has 142 valence electrons. The smallest absolute Gasteiger partial charge is 0.156 e. The van der Waals surface area contributed by atoms with Crippen LogP contribution in [0.5, 0.6) is 5.75 Å². The normalized spacial score (nSPS) is 11.4. The van der Waals surface area contributed by atoms with Gasteiger partial charge in [0.2, 0.25) is 0 Å². The Bertz CT molecular complexity index is 1190. The highest BCUT2D eigenvalue weighted by Gasteiger charge is 2.08. The summed E-state index contributed by atoms with van der Waals surface area (Å²) in [5.74, 6) is 0.723. The van der Waals surface area contributed by atoms with Crippen LogP contribution in [-0.4, -0.2) is 4.98 Å². The molecule has 0 saturated carbocycles. The van der Waals surface area contributed by atoms with E-state index >= 15 is 0 Å². The maximum atomic E-state index is 9.57. The van der Waals surface area contributed by atoms with Gasteiger partial charge in [0.25, 0.3) is 0 Å². The molecule has 3 nitrogen and oxygen atoms in total. The summed E-state index contributed by atoms with van der Waals surface area (Å²) in [6, 6.07) is 25.5. The van der Waals surface area contributed by atoms with Gasteiger partial charge in [-0.3, -0.25) is 0 Å². The van der Waals surface area contributed by atoms with Crippen LogP contribution in [0.15, 0.2) is 82.0 Å². The molecule has 1 heterocycles. The topological polar surface area (TPSA) is 45.9 Å². The van der Waals surface area contributed by atoms with Crippen molar-refractivity contribution in [2.75, 3.05) is 0 Å². The highest BCUT2D eigenvalue weighted by Crippen LogP contribution is 2.34. The van der Waals surface area contributed by atoms with Gasteiger partial charge >= 0.3 is 0 Å². The molecule has 0 unspecified atom stereocenters. The fourth-order valence-corrected chi connectivity index (χ4v) is 4.86. The quantitative estimate of drug-likeness (QED) is 0.238. The summed E-state index contributed by atoms with van der Waals surface area (Å²) in [4.78, 5) is 5.16. The van der Waals surface area contributed by atoms with Crippen molar-refractivity contribution in [3.63, 3.8) is 0 Å². The molecule has 0 N–H and O–H groups in total. The summed E-state index contributed by atoms with van der Waals surface area (Å²) < 4.78 is 7.84. The summed E-state index contributed by atoms with van der Waals surface area (Å²) in [5.41, 5.74) is 2.78. The minimum atomic E-state index is 0.387. The maximum absolute atomic E-state index is 9.57. The Labute approximate surface area is 182 Å². The van der Waals surface area contributed by atoms with Crippen LogP contribution in [0, 0.1) is 11.3 Å². The van der Waals surface area contributed by atoms with E-state index in [1.165, 1.54) is 11.8 Å². The fourth-order valence-electron chi connectivity index (χ4n) is 2.70. The van der Waals surface area contributed by atoms with E-state index in [9.17, 15) is 5.26 Å². The summed E-state index contributed by atoms with van der Waals surface area (Å²) in [6.45, 7) is 0.387. The molecule has 0 atom stereocenters. The van der Waals surface area contributed by atoms with Crippen molar-refractivity contribution in [1.82, 2.24) is 4.98 Å². The van der Waals surface area contributed by atoms with Crippen molar-refractivity contribution in [3.05, 3.63) is 93.9 Å². The van der Waals surface area contributed by atoms with Crippen LogP contribution in [0.2, 0.25) is 5.02 Å². The summed E-state index contributed by atoms with van der Waals surface area (Å²) in [7, 11) is 0. The molecule has 6 heteroatoms. The number of aromatic nitrogens is 1. The van der Waals surface area contributed by atoms with Gasteiger partial charge in [0.15, 0.2) is 4.34 Å². The van der Waals surface area contributed by atoms with E-state index in [1.807, 2.05) is 78.9 Å². The predicted octanol–water partition coefficient (Wildman–Crippen LogP) is 7.19. The minimum Gasteiger partial charge on any atom is -0.489 e. The number of halogens is 1. The van der Waals surface area contributed by atoms with E-state index in [0.717, 1.165) is 31.4 Å². The number of hydrogen-bond donors (Lipinski definition) is 0. The van der Waals surface area contributed by atoms with Crippen LogP contribution in [0.25, 0.3) is 16.3 Å². The van der Waals surface area contributed by atoms with Gasteiger partial charge in [-0.15, -0.1) is 11.3 Å². The van der Waals surface area contributed by atoms with Crippen LogP contribution < -0.4 is 4.74 Å². The van der Waals surface area contributed by atoms with Crippen molar-refractivity contribution in [2.45, 2.75) is 10.9 Å². The van der Waals surface area contributed by atoms with Gasteiger partial charge in [-0.1, -0.05) is 54.1 Å². The molecule has 0 amide bonds. The molecule has 4 rings (SSSR count). The van der Waals surface area contributed by atoms with Crippen molar-refractivity contribution < 1.29 is 4.74 Å². The van der Waals surface area contributed by atoms with E-state index in [-0.39, 0.29) is 0 Å². The van der Waals surface area contributed by atoms with Crippen LogP contribution in [0.1, 0.15) is 11.1 Å². The second-order valence-corrected chi connectivity index (χ2v) is 8.85. The first-order valence-electron chi connectivity index (χ1n) is 8.83. The number of nitrogens with zero attached hydrogens (tertiary/aromatic N) is 2. The van der Waals surface area contributed by atoms with Gasteiger partial charge in [-0.25, -0.2) is 4.98 Å². The average Bonchev–Trinajstić information content (AvgIpc) is 3.15. The second-order valence-electron chi connectivity index (χ2n) is 6.12. The second kappa shape index (κ2) is 9.15. The van der Waals surface area contributed by atoms with Crippen molar-refractivity contribution in [1.29, 1.82) is 5.26 Å². The molecule has 4 aromatic rings. The zero-order valence-electron chi connectivity index (χ0n) is 15.2. The van der Waals surface area contributed by atoms with Crippen LogP contribution in [0.4, 0.5) is 0 Å². The monoisotopic (exact) mass is 434 g/mol. The third-order valence-corrected chi connectivity index (χ3v) is 6.48. The van der Waals surface area contributed by atoms with E-state index in [2.05, 4.69) is 11.1 Å². The van der Waals surface area contributed by atoms with Crippen molar-refractivity contribution in [3.8, 4) is 11.8 Å². The van der Waals surface area contributed by atoms with Crippen LogP contribution >= 0.6 is 34.7 Å². The zero-order valence-corrected chi connectivity index (χ0v) is 17.6. The maximum Gasteiger partial charge on any atom is 0.156 e. The summed E-state index contributed by atoms with van der Waals surface area (Å²) in [5, 5.41) is 10.3. The average molecular weight is 435 g/mol. The number of para-hydroxylation sites is 1. The molecule has 0 aliphatic heterocycles. The molecule has 0 saturated heterocycles. The molecular formula is C23H15ClN2OS2. The number of thiazole rings is 1. The molecule has 0 aliphatic rings. The lowest BCUT2D eigenvalue weighted by atomic mass is 10.2. The van der Waals surface area contributed by atoms with Crippen molar-refractivity contribution >= 4 is 51.0 Å². The number of allylic oxidation sites excluding steroid dienone is 1. The first-order valence-corrected chi connectivity index (χ1v) is 10.8. The number of fused-ring (bicyclic) bond motifs is 1. The number of hydrogen-bond acceptors (Lipinski definition) is 5. The largest absolute Gasteiger partial charge is 0.489 e. The Morgan fingerprint density at radius 2 is 1.93 bits per heavy atom. The fraction of sp³-hybridized carbons (Fsp3) is 0.0435. The van der Waals surface area contributed by atoms with E-state index in [1.54, 1.807) is 11.3 Å².